The van der Waals surface area contributed by atoms with E-state index < -0.39 is 23.6 Å². The first-order chi connectivity index (χ1) is 19.8. The molecule has 5 rings (SSSR count). The molecule has 220 valence electrons. The number of nitrogens with one attached hydrogen (secondary N) is 2. The zero-order valence-corrected chi connectivity index (χ0v) is 24.4. The highest BCUT2D eigenvalue weighted by molar-refractivity contribution is 6.34. The molecule has 0 spiro atoms. The first kappa shape index (κ1) is 30.8. The maximum Gasteiger partial charge on any atom is 0.251 e. The van der Waals surface area contributed by atoms with E-state index in [0.717, 1.165) is 17.5 Å². The summed E-state index contributed by atoms with van der Waals surface area (Å²) in [7, 11) is 3.48. The van der Waals surface area contributed by atoms with Crippen LogP contribution < -0.4 is 20.1 Å². The number of aliphatic hydroxyl groups is 1. The first-order valence-corrected chi connectivity index (χ1v) is 14.3. The molecule has 0 aromatic heterocycles. The van der Waals surface area contributed by atoms with Gasteiger partial charge in [-0.05, 0) is 56.3 Å². The second-order valence-corrected chi connectivity index (χ2v) is 10.8. The Labute approximate surface area is 245 Å². The minimum Gasteiger partial charge on any atom is -0.488 e. The van der Waals surface area contributed by atoms with Crippen LogP contribution in [-0.4, -0.2) is 44.4 Å². The summed E-state index contributed by atoms with van der Waals surface area (Å²) in [5, 5.41) is 14.5. The minimum absolute atomic E-state index is 0.0285. The summed E-state index contributed by atoms with van der Waals surface area (Å²) < 4.78 is 41.7. The lowest BCUT2D eigenvalue weighted by molar-refractivity contribution is 0.0963. The molecule has 3 aromatic rings. The number of rotatable bonds is 7. The molecule has 1 atom stereocenters. The monoisotopic (exact) mass is 586 g/mol. The van der Waals surface area contributed by atoms with Crippen LogP contribution in [0.25, 0.3) is 11.1 Å². The quantitative estimate of drug-likeness (QED) is 0.295. The van der Waals surface area contributed by atoms with Gasteiger partial charge in [0, 0.05) is 42.3 Å². The van der Waals surface area contributed by atoms with Gasteiger partial charge < -0.3 is 25.2 Å². The van der Waals surface area contributed by atoms with Crippen molar-refractivity contribution in [3.8, 4) is 22.6 Å². The van der Waals surface area contributed by atoms with Gasteiger partial charge >= 0.3 is 0 Å². The van der Waals surface area contributed by atoms with Crippen molar-refractivity contribution >= 4 is 17.5 Å². The summed E-state index contributed by atoms with van der Waals surface area (Å²) in [6.45, 7) is 1.88. The molecule has 1 heterocycles. The van der Waals surface area contributed by atoms with Crippen molar-refractivity contribution in [2.45, 2.75) is 51.2 Å². The third-order valence-corrected chi connectivity index (χ3v) is 8.09. The van der Waals surface area contributed by atoms with Crippen LogP contribution in [0.2, 0.25) is 5.02 Å². The molecular formula is C32H37ClF2N2O4. The van der Waals surface area contributed by atoms with E-state index in [4.69, 9.17) is 26.2 Å². The summed E-state index contributed by atoms with van der Waals surface area (Å²) in [4.78, 5) is 12.5. The lowest BCUT2D eigenvalue weighted by atomic mass is 9.87. The van der Waals surface area contributed by atoms with E-state index in [0.29, 0.717) is 12.0 Å². The van der Waals surface area contributed by atoms with Crippen molar-refractivity contribution in [2.75, 3.05) is 27.3 Å². The van der Waals surface area contributed by atoms with Gasteiger partial charge in [-0.2, -0.15) is 0 Å². The Bertz CT molecular complexity index is 1350. The predicted octanol–water partition coefficient (Wildman–Crippen LogP) is 6.48. The van der Waals surface area contributed by atoms with Crippen molar-refractivity contribution < 1.29 is 28.2 Å². The van der Waals surface area contributed by atoms with E-state index in [2.05, 4.69) is 24.6 Å². The van der Waals surface area contributed by atoms with Crippen molar-refractivity contribution in [3.05, 3.63) is 81.9 Å². The van der Waals surface area contributed by atoms with Gasteiger partial charge in [0.05, 0.1) is 17.2 Å². The van der Waals surface area contributed by atoms with Crippen LogP contribution in [0, 0.1) is 17.6 Å². The predicted molar refractivity (Wildman–Crippen MR) is 157 cm³/mol. The van der Waals surface area contributed by atoms with Gasteiger partial charge in [0.25, 0.3) is 5.91 Å². The SMILES string of the molecule is CNC(=O)c1ccc(OCCO)c(F)c1-c1c(Cl)c(F)cc2c1CC(c1ccccc1)O2.CNC1CCC(C)CC1. The molecule has 41 heavy (non-hydrogen) atoms. The first-order valence-electron chi connectivity index (χ1n) is 14.0. The highest BCUT2D eigenvalue weighted by Gasteiger charge is 2.33. The zero-order chi connectivity index (χ0) is 29.5. The van der Waals surface area contributed by atoms with Crippen molar-refractivity contribution in [1.82, 2.24) is 10.6 Å². The second kappa shape index (κ2) is 14.1. The molecule has 1 aliphatic carbocycles. The highest BCUT2D eigenvalue weighted by Crippen LogP contribution is 2.48. The third kappa shape index (κ3) is 7.00. The van der Waals surface area contributed by atoms with Gasteiger partial charge in [0.15, 0.2) is 11.6 Å². The molecule has 0 radical (unpaired) electrons. The fourth-order valence-electron chi connectivity index (χ4n) is 5.38. The Kier molecular flexibility index (Phi) is 10.6. The molecule has 3 aromatic carbocycles. The van der Waals surface area contributed by atoms with Gasteiger partial charge in [-0.1, -0.05) is 48.9 Å². The largest absolute Gasteiger partial charge is 0.488 e. The topological polar surface area (TPSA) is 79.8 Å². The normalized spacial score (nSPS) is 19.4. The van der Waals surface area contributed by atoms with Crippen molar-refractivity contribution in [2.24, 2.45) is 5.92 Å². The number of ether oxygens (including phenoxy) is 2. The molecule has 3 N–H and O–H groups in total. The number of aliphatic hydroxyl groups excluding tert-OH is 1. The Hall–Kier alpha value is -3.20. The number of amides is 1. The van der Waals surface area contributed by atoms with E-state index in [1.165, 1.54) is 50.9 Å². The van der Waals surface area contributed by atoms with Gasteiger partial charge in [-0.15, -0.1) is 0 Å². The van der Waals surface area contributed by atoms with E-state index in [1.54, 1.807) is 0 Å². The summed E-state index contributed by atoms with van der Waals surface area (Å²) >= 11 is 6.34. The smallest absolute Gasteiger partial charge is 0.251 e. The molecule has 1 saturated carbocycles. The molecule has 2 aliphatic rings. The third-order valence-electron chi connectivity index (χ3n) is 7.72. The van der Waals surface area contributed by atoms with E-state index in [9.17, 15) is 9.18 Å². The lowest BCUT2D eigenvalue weighted by Crippen LogP contribution is -2.29. The van der Waals surface area contributed by atoms with Crippen LogP contribution >= 0.6 is 11.6 Å². The standard InChI is InChI=1S/C24H20ClF2NO4.C8H17N/c1-28-24(30)14-7-8-17(31-10-9-29)23(27)21(14)20-15-11-18(13-5-3-2-4-6-13)32-19(15)12-16(26)22(20)25;1-7-3-5-8(9-2)6-4-7/h2-8,12,18,29H,9-11H2,1H3,(H,28,30);7-9H,3-6H2,1-2H3. The molecule has 1 unspecified atom stereocenters. The molecule has 1 fully saturated rings. The zero-order valence-electron chi connectivity index (χ0n) is 23.6. The van der Waals surface area contributed by atoms with E-state index in [1.807, 2.05) is 30.3 Å². The number of halogens is 3. The molecule has 0 bridgehead atoms. The van der Waals surface area contributed by atoms with Gasteiger partial charge in [-0.25, -0.2) is 8.78 Å². The van der Waals surface area contributed by atoms with Crippen LogP contribution in [0.5, 0.6) is 11.5 Å². The Morgan fingerprint density at radius 1 is 1.07 bits per heavy atom. The van der Waals surface area contributed by atoms with Crippen LogP contribution in [0.3, 0.4) is 0 Å². The maximum absolute atomic E-state index is 15.6. The number of benzene rings is 3. The molecule has 1 aliphatic heterocycles. The Morgan fingerprint density at radius 2 is 1.78 bits per heavy atom. The average Bonchev–Trinajstić information content (AvgIpc) is 3.42. The summed E-state index contributed by atoms with van der Waals surface area (Å²) in [6, 6.07) is 14.0. The van der Waals surface area contributed by atoms with Crippen LogP contribution in [-0.2, 0) is 6.42 Å². The van der Waals surface area contributed by atoms with Gasteiger partial charge in [-0.3, -0.25) is 4.79 Å². The number of fused-ring (bicyclic) bond motifs is 1. The summed E-state index contributed by atoms with van der Waals surface area (Å²) in [5.41, 5.74) is 1.20. The van der Waals surface area contributed by atoms with E-state index in [-0.39, 0.29) is 46.4 Å². The molecule has 1 amide bonds. The number of hydrogen-bond donors (Lipinski definition) is 3. The number of carbonyl (C=O) groups is 1. The average molecular weight is 587 g/mol. The Balaban J connectivity index is 0.000000367. The second-order valence-electron chi connectivity index (χ2n) is 10.4. The highest BCUT2D eigenvalue weighted by atomic mass is 35.5. The van der Waals surface area contributed by atoms with Gasteiger partial charge in [0.2, 0.25) is 0 Å². The maximum atomic E-state index is 15.6. The van der Waals surface area contributed by atoms with Crippen molar-refractivity contribution in [3.63, 3.8) is 0 Å². The number of hydrogen-bond acceptors (Lipinski definition) is 5. The van der Waals surface area contributed by atoms with Gasteiger partial charge in [0.1, 0.15) is 24.3 Å². The van der Waals surface area contributed by atoms with Crippen LogP contribution in [0.15, 0.2) is 48.5 Å². The summed E-state index contributed by atoms with van der Waals surface area (Å²) in [5.74, 6) is -1.21. The fourth-order valence-corrected chi connectivity index (χ4v) is 5.65. The minimum atomic E-state index is -0.877. The molecule has 9 heteroatoms. The molecule has 6 nitrogen and oxygen atoms in total. The molecule has 0 saturated heterocycles. The number of carbonyl (C=O) groups excluding carboxylic acids is 1. The van der Waals surface area contributed by atoms with E-state index >= 15 is 4.39 Å². The van der Waals surface area contributed by atoms with Crippen LogP contribution in [0.4, 0.5) is 8.78 Å². The molecular weight excluding hydrogens is 550 g/mol. The Morgan fingerprint density at radius 3 is 2.41 bits per heavy atom. The van der Waals surface area contributed by atoms with Crippen molar-refractivity contribution in [1.29, 1.82) is 0 Å². The lowest BCUT2D eigenvalue weighted by Gasteiger charge is -2.25. The summed E-state index contributed by atoms with van der Waals surface area (Å²) in [6.07, 6.45) is 5.51. The van der Waals surface area contributed by atoms with Crippen LogP contribution in [0.1, 0.15) is 60.2 Å². The fraction of sp³-hybridized carbons (Fsp3) is 0.406.